The van der Waals surface area contributed by atoms with Crippen molar-refractivity contribution in [3.05, 3.63) is 53.0 Å². The quantitative estimate of drug-likeness (QED) is 0.667. The molecule has 0 atom stereocenters. The number of carbonyl (C=O) groups is 1. The van der Waals surface area contributed by atoms with E-state index in [-0.39, 0.29) is 24.1 Å². The van der Waals surface area contributed by atoms with Crippen LogP contribution < -0.4 is 15.5 Å². The first-order valence-electron chi connectivity index (χ1n) is 11.1. The lowest BCUT2D eigenvalue weighted by atomic mass is 9.79. The van der Waals surface area contributed by atoms with E-state index in [1.54, 1.807) is 31.3 Å². The van der Waals surface area contributed by atoms with Gasteiger partial charge in [0.25, 0.3) is 5.91 Å². The van der Waals surface area contributed by atoms with Gasteiger partial charge in [-0.3, -0.25) is 4.79 Å². The number of nitrogens with one attached hydrogen (secondary N) is 1. The van der Waals surface area contributed by atoms with Crippen LogP contribution >= 0.6 is 0 Å². The Morgan fingerprint density at radius 3 is 2.53 bits per heavy atom. The summed E-state index contributed by atoms with van der Waals surface area (Å²) in [5.74, 6) is 0.160. The van der Waals surface area contributed by atoms with Crippen LogP contribution in [0.25, 0.3) is 0 Å². The zero-order chi connectivity index (χ0) is 23.1. The van der Waals surface area contributed by atoms with Crippen molar-refractivity contribution in [2.45, 2.75) is 65.2 Å². The summed E-state index contributed by atoms with van der Waals surface area (Å²) >= 11 is 0. The molecule has 6 nitrogen and oxygen atoms in total. The fourth-order valence-corrected chi connectivity index (χ4v) is 3.36. The standard InChI is InChI=1S/C24H30BFN2O4/c1-15-6-7-17(10-20(15)26)12-27-21(29)19-11-18(13-28-22(19)30-14-16-8-9-16)25-31-23(2,3)24(4,5)32-25/h6-7,10-11,13,16H,8-9,12,14H2,1-5H3,(H,27,29). The summed E-state index contributed by atoms with van der Waals surface area (Å²) < 4.78 is 31.9. The third kappa shape index (κ3) is 4.81. The molecule has 1 saturated carbocycles. The lowest BCUT2D eigenvalue weighted by Gasteiger charge is -2.32. The highest BCUT2D eigenvalue weighted by Crippen LogP contribution is 2.36. The molecule has 2 aromatic rings. The molecule has 170 valence electrons. The lowest BCUT2D eigenvalue weighted by Crippen LogP contribution is -2.41. The molecule has 2 aliphatic rings. The van der Waals surface area contributed by atoms with Gasteiger partial charge in [0.15, 0.2) is 0 Å². The molecule has 0 spiro atoms. The number of hydrogen-bond donors (Lipinski definition) is 1. The molecule has 1 N–H and O–H groups in total. The number of rotatable bonds is 7. The minimum absolute atomic E-state index is 0.193. The minimum atomic E-state index is -0.636. The Hall–Kier alpha value is -2.45. The normalized spacial score (nSPS) is 19.1. The van der Waals surface area contributed by atoms with Crippen LogP contribution in [0.4, 0.5) is 4.39 Å². The number of halogens is 1. The van der Waals surface area contributed by atoms with Gasteiger partial charge < -0.3 is 19.4 Å². The van der Waals surface area contributed by atoms with Crippen LogP contribution in [0.5, 0.6) is 5.88 Å². The molecule has 2 heterocycles. The van der Waals surface area contributed by atoms with Gasteiger partial charge in [-0.2, -0.15) is 0 Å². The van der Waals surface area contributed by atoms with Crippen LogP contribution in [0, 0.1) is 18.7 Å². The van der Waals surface area contributed by atoms with E-state index in [2.05, 4.69) is 10.3 Å². The van der Waals surface area contributed by atoms with Gasteiger partial charge in [-0.1, -0.05) is 12.1 Å². The van der Waals surface area contributed by atoms with Crippen molar-refractivity contribution in [3.63, 3.8) is 0 Å². The van der Waals surface area contributed by atoms with Gasteiger partial charge in [0, 0.05) is 18.2 Å². The summed E-state index contributed by atoms with van der Waals surface area (Å²) in [4.78, 5) is 17.5. The summed E-state index contributed by atoms with van der Waals surface area (Å²) in [5, 5.41) is 2.85. The zero-order valence-electron chi connectivity index (χ0n) is 19.3. The van der Waals surface area contributed by atoms with Crippen LogP contribution in [-0.2, 0) is 15.9 Å². The van der Waals surface area contributed by atoms with E-state index in [1.807, 2.05) is 27.7 Å². The van der Waals surface area contributed by atoms with Gasteiger partial charge in [0.05, 0.1) is 17.8 Å². The van der Waals surface area contributed by atoms with E-state index in [9.17, 15) is 9.18 Å². The Morgan fingerprint density at radius 1 is 1.22 bits per heavy atom. The lowest BCUT2D eigenvalue weighted by molar-refractivity contribution is 0.00578. The Balaban J connectivity index is 1.55. The SMILES string of the molecule is Cc1ccc(CNC(=O)c2cc(B3OC(C)(C)C(C)(C)O3)cnc2OCC2CC2)cc1F. The van der Waals surface area contributed by atoms with Crippen LogP contribution in [-0.4, -0.2) is 35.8 Å². The van der Waals surface area contributed by atoms with Crippen molar-refractivity contribution < 1.29 is 23.2 Å². The second-order valence-corrected chi connectivity index (χ2v) is 9.73. The van der Waals surface area contributed by atoms with E-state index in [4.69, 9.17) is 14.0 Å². The molecule has 0 unspecified atom stereocenters. The fourth-order valence-electron chi connectivity index (χ4n) is 3.36. The van der Waals surface area contributed by atoms with Gasteiger partial charge >= 0.3 is 7.12 Å². The molecule has 32 heavy (non-hydrogen) atoms. The van der Waals surface area contributed by atoms with Crippen LogP contribution in [0.2, 0.25) is 0 Å². The molecule has 0 bridgehead atoms. The third-order valence-corrected chi connectivity index (χ3v) is 6.48. The molecule has 1 aliphatic carbocycles. The van der Waals surface area contributed by atoms with Gasteiger partial charge in [-0.15, -0.1) is 0 Å². The summed E-state index contributed by atoms with van der Waals surface area (Å²) in [6, 6.07) is 6.63. The first-order chi connectivity index (χ1) is 15.1. The fraction of sp³-hybridized carbons (Fsp3) is 0.500. The Morgan fingerprint density at radius 2 is 1.91 bits per heavy atom. The Kier molecular flexibility index (Phi) is 6.03. The average molecular weight is 440 g/mol. The van der Waals surface area contributed by atoms with Crippen LogP contribution in [0.15, 0.2) is 30.5 Å². The number of nitrogens with zero attached hydrogens (tertiary/aromatic N) is 1. The van der Waals surface area contributed by atoms with Crippen molar-refractivity contribution in [2.24, 2.45) is 5.92 Å². The monoisotopic (exact) mass is 440 g/mol. The van der Waals surface area contributed by atoms with Gasteiger partial charge in [-0.25, -0.2) is 9.37 Å². The second-order valence-electron chi connectivity index (χ2n) is 9.73. The molecule has 8 heteroatoms. The second kappa shape index (κ2) is 8.48. The van der Waals surface area contributed by atoms with E-state index >= 15 is 0 Å². The number of aryl methyl sites for hydroxylation is 1. The molecule has 0 radical (unpaired) electrons. The topological polar surface area (TPSA) is 69.7 Å². The first kappa shape index (κ1) is 22.7. The smallest absolute Gasteiger partial charge is 0.477 e. The van der Waals surface area contributed by atoms with Crippen molar-refractivity contribution in [3.8, 4) is 5.88 Å². The molecule has 1 amide bonds. The van der Waals surface area contributed by atoms with E-state index in [0.717, 1.165) is 12.8 Å². The predicted molar refractivity (Wildman–Crippen MR) is 120 cm³/mol. The number of amides is 1. The number of ether oxygens (including phenoxy) is 1. The zero-order valence-corrected chi connectivity index (χ0v) is 19.3. The summed E-state index contributed by atoms with van der Waals surface area (Å²) in [6.45, 7) is 10.3. The number of pyridine rings is 1. The number of hydrogen-bond acceptors (Lipinski definition) is 5. The molecule has 2 fully saturated rings. The van der Waals surface area contributed by atoms with Crippen molar-refractivity contribution in [1.29, 1.82) is 0 Å². The minimum Gasteiger partial charge on any atom is -0.477 e. The largest absolute Gasteiger partial charge is 0.496 e. The number of aromatic nitrogens is 1. The highest BCUT2D eigenvalue weighted by molar-refractivity contribution is 6.62. The van der Waals surface area contributed by atoms with E-state index in [0.29, 0.717) is 34.7 Å². The van der Waals surface area contributed by atoms with Gasteiger partial charge in [0.1, 0.15) is 11.4 Å². The maximum atomic E-state index is 13.9. The average Bonchev–Trinajstić information content (AvgIpc) is 3.53. The molecule has 1 aliphatic heterocycles. The number of benzene rings is 1. The predicted octanol–water partition coefficient (Wildman–Crippen LogP) is 3.55. The third-order valence-electron chi connectivity index (χ3n) is 6.48. The van der Waals surface area contributed by atoms with Gasteiger partial charge in [0.2, 0.25) is 5.88 Å². The molecule has 1 saturated heterocycles. The summed E-state index contributed by atoms with van der Waals surface area (Å²) in [7, 11) is -0.636. The van der Waals surface area contributed by atoms with Crippen molar-refractivity contribution in [1.82, 2.24) is 10.3 Å². The maximum absolute atomic E-state index is 13.9. The molecule has 4 rings (SSSR count). The molecular weight excluding hydrogens is 410 g/mol. The summed E-state index contributed by atoms with van der Waals surface area (Å²) in [6.07, 6.45) is 3.90. The van der Waals surface area contributed by atoms with Gasteiger partial charge in [-0.05, 0) is 76.6 Å². The van der Waals surface area contributed by atoms with Crippen molar-refractivity contribution >= 4 is 18.5 Å². The molecule has 1 aromatic carbocycles. The maximum Gasteiger partial charge on any atom is 0.496 e. The van der Waals surface area contributed by atoms with E-state index < -0.39 is 18.3 Å². The molecular formula is C24H30BFN2O4. The Bertz CT molecular complexity index is 1010. The first-order valence-corrected chi connectivity index (χ1v) is 11.1. The highest BCUT2D eigenvalue weighted by atomic mass is 19.1. The Labute approximate surface area is 189 Å². The van der Waals surface area contributed by atoms with Crippen LogP contribution in [0.1, 0.15) is 62.0 Å². The number of carbonyl (C=O) groups excluding carboxylic acids is 1. The van der Waals surface area contributed by atoms with E-state index in [1.165, 1.54) is 6.07 Å². The van der Waals surface area contributed by atoms with Crippen LogP contribution in [0.3, 0.4) is 0 Å². The summed E-state index contributed by atoms with van der Waals surface area (Å²) in [5.41, 5.74) is 1.19. The van der Waals surface area contributed by atoms with Crippen molar-refractivity contribution in [2.75, 3.05) is 6.61 Å². The highest BCUT2D eigenvalue weighted by Gasteiger charge is 2.52. The molecule has 1 aromatic heterocycles.